The molecular weight excluding hydrogens is 290 g/mol. The number of nitrogens with one attached hydrogen (secondary N) is 1. The predicted octanol–water partition coefficient (Wildman–Crippen LogP) is 2.28. The second kappa shape index (κ2) is 5.61. The maximum absolute atomic E-state index is 13.0. The molecule has 0 bridgehead atoms. The number of urea groups is 1. The first-order chi connectivity index (χ1) is 11.2. The van der Waals surface area contributed by atoms with Gasteiger partial charge in [-0.1, -0.05) is 12.1 Å². The summed E-state index contributed by atoms with van der Waals surface area (Å²) < 4.78 is 0. The Morgan fingerprint density at radius 1 is 1.22 bits per heavy atom. The van der Waals surface area contributed by atoms with Crippen LogP contribution in [0.25, 0.3) is 0 Å². The third kappa shape index (κ3) is 2.44. The van der Waals surface area contributed by atoms with Crippen LogP contribution in [-0.4, -0.2) is 54.4 Å². The van der Waals surface area contributed by atoms with Crippen LogP contribution in [0.2, 0.25) is 0 Å². The van der Waals surface area contributed by atoms with Gasteiger partial charge in [-0.15, -0.1) is 0 Å². The van der Waals surface area contributed by atoms with Crippen molar-refractivity contribution in [3.63, 3.8) is 0 Å². The van der Waals surface area contributed by atoms with Crippen LogP contribution in [0, 0.1) is 0 Å². The van der Waals surface area contributed by atoms with Crippen LogP contribution in [-0.2, 0) is 0 Å². The van der Waals surface area contributed by atoms with E-state index in [4.69, 9.17) is 0 Å². The largest absolute Gasteiger partial charge is 0.371 e. The van der Waals surface area contributed by atoms with Crippen LogP contribution in [0.15, 0.2) is 36.7 Å². The van der Waals surface area contributed by atoms with E-state index in [-0.39, 0.29) is 6.03 Å². The number of likely N-dealkylation sites (N-methyl/N-ethyl adjacent to an activating group) is 1. The zero-order chi connectivity index (χ0) is 15.8. The summed E-state index contributed by atoms with van der Waals surface area (Å²) in [5.41, 5.74) is 3.33. The molecule has 3 heterocycles. The highest BCUT2D eigenvalue weighted by Gasteiger charge is 2.33. The normalized spacial score (nSPS) is 20.7. The number of amides is 2. The van der Waals surface area contributed by atoms with Gasteiger partial charge in [0.2, 0.25) is 0 Å². The van der Waals surface area contributed by atoms with Crippen LogP contribution in [0.1, 0.15) is 17.9 Å². The number of hydrogen-bond donors (Lipinski definition) is 1. The lowest BCUT2D eigenvalue weighted by Crippen LogP contribution is -2.48. The Bertz CT molecular complexity index is 699. The van der Waals surface area contributed by atoms with Gasteiger partial charge in [-0.25, -0.2) is 4.79 Å². The molecule has 1 aromatic heterocycles. The molecule has 2 aliphatic heterocycles. The molecule has 0 radical (unpaired) electrons. The summed E-state index contributed by atoms with van der Waals surface area (Å²) in [4.78, 5) is 19.1. The SMILES string of the molecule is CN1CCN(C(=O)N2CCC(c3cn[nH]c3)C2)c2ccccc21. The van der Waals surface area contributed by atoms with E-state index in [1.165, 1.54) is 5.56 Å². The maximum atomic E-state index is 13.0. The summed E-state index contributed by atoms with van der Waals surface area (Å²) in [6.45, 7) is 3.18. The maximum Gasteiger partial charge on any atom is 0.324 e. The Morgan fingerprint density at radius 3 is 2.83 bits per heavy atom. The molecule has 1 saturated heterocycles. The first-order valence-corrected chi connectivity index (χ1v) is 8.09. The number of likely N-dealkylation sites (tertiary alicyclic amines) is 1. The standard InChI is InChI=1S/C17H21N5O/c1-20-8-9-22(16-5-3-2-4-15(16)20)17(23)21-7-6-13(12-21)14-10-18-19-11-14/h2-5,10-11,13H,6-9,12H2,1H3,(H,18,19). The van der Waals surface area contributed by atoms with Crippen LogP contribution in [0.3, 0.4) is 0 Å². The van der Waals surface area contributed by atoms with Crippen LogP contribution >= 0.6 is 0 Å². The molecule has 1 fully saturated rings. The number of fused-ring (bicyclic) bond motifs is 1. The molecule has 0 spiro atoms. The van der Waals surface area contributed by atoms with E-state index < -0.39 is 0 Å². The van der Waals surface area contributed by atoms with Crippen LogP contribution in [0.4, 0.5) is 16.2 Å². The van der Waals surface area contributed by atoms with Crippen LogP contribution < -0.4 is 9.80 Å². The molecule has 0 aliphatic carbocycles. The molecule has 6 nitrogen and oxygen atoms in total. The molecule has 1 aromatic carbocycles. The summed E-state index contributed by atoms with van der Waals surface area (Å²) in [6, 6.07) is 8.25. The highest BCUT2D eigenvalue weighted by molar-refractivity contribution is 5.97. The first-order valence-electron chi connectivity index (χ1n) is 8.09. The van der Waals surface area contributed by atoms with Crippen molar-refractivity contribution >= 4 is 17.4 Å². The van der Waals surface area contributed by atoms with Gasteiger partial charge in [0.1, 0.15) is 0 Å². The molecule has 1 atom stereocenters. The minimum atomic E-state index is 0.122. The van der Waals surface area contributed by atoms with Crippen molar-refractivity contribution in [2.45, 2.75) is 12.3 Å². The minimum Gasteiger partial charge on any atom is -0.371 e. The number of carbonyl (C=O) groups is 1. The van der Waals surface area contributed by atoms with Crippen molar-refractivity contribution in [1.29, 1.82) is 0 Å². The average Bonchev–Trinajstić information content (AvgIpc) is 3.26. The molecule has 4 rings (SSSR count). The Morgan fingerprint density at radius 2 is 2.04 bits per heavy atom. The lowest BCUT2D eigenvalue weighted by Gasteiger charge is -2.37. The smallest absolute Gasteiger partial charge is 0.324 e. The third-order valence-corrected chi connectivity index (χ3v) is 4.92. The number of anilines is 2. The highest BCUT2D eigenvalue weighted by atomic mass is 16.2. The van der Waals surface area contributed by atoms with Crippen molar-refractivity contribution in [2.24, 2.45) is 0 Å². The van der Waals surface area contributed by atoms with Gasteiger partial charge in [0, 0.05) is 45.3 Å². The lowest BCUT2D eigenvalue weighted by molar-refractivity contribution is 0.215. The first kappa shape index (κ1) is 14.1. The molecule has 2 aromatic rings. The molecule has 1 N–H and O–H groups in total. The molecule has 6 heteroatoms. The summed E-state index contributed by atoms with van der Waals surface area (Å²) in [7, 11) is 2.07. The highest BCUT2D eigenvalue weighted by Crippen LogP contribution is 2.34. The van der Waals surface area contributed by atoms with E-state index in [0.717, 1.165) is 44.0 Å². The quantitative estimate of drug-likeness (QED) is 0.879. The Labute approximate surface area is 135 Å². The fraction of sp³-hybridized carbons (Fsp3) is 0.412. The number of benzene rings is 1. The molecule has 120 valence electrons. The number of aromatic amines is 1. The van der Waals surface area contributed by atoms with E-state index in [9.17, 15) is 4.79 Å². The fourth-order valence-electron chi connectivity index (χ4n) is 3.57. The van der Waals surface area contributed by atoms with Crippen molar-refractivity contribution in [1.82, 2.24) is 15.1 Å². The molecule has 2 amide bonds. The van der Waals surface area contributed by atoms with E-state index in [1.54, 1.807) is 0 Å². The van der Waals surface area contributed by atoms with E-state index in [0.29, 0.717) is 5.92 Å². The van der Waals surface area contributed by atoms with Gasteiger partial charge >= 0.3 is 6.03 Å². The number of nitrogens with zero attached hydrogens (tertiary/aromatic N) is 4. The van der Waals surface area contributed by atoms with Crippen molar-refractivity contribution < 1.29 is 4.79 Å². The Balaban J connectivity index is 1.53. The summed E-state index contributed by atoms with van der Waals surface area (Å²) in [6.07, 6.45) is 4.80. The van der Waals surface area contributed by atoms with Gasteiger partial charge in [-0.3, -0.25) is 10.00 Å². The number of rotatable bonds is 1. The van der Waals surface area contributed by atoms with Gasteiger partial charge in [0.25, 0.3) is 0 Å². The van der Waals surface area contributed by atoms with Crippen molar-refractivity contribution in [3.05, 3.63) is 42.2 Å². The number of aromatic nitrogens is 2. The summed E-state index contributed by atoms with van der Waals surface area (Å²) in [5, 5.41) is 6.88. The Hall–Kier alpha value is -2.50. The fourth-order valence-corrected chi connectivity index (χ4v) is 3.57. The number of H-pyrrole nitrogens is 1. The second-order valence-electron chi connectivity index (χ2n) is 6.31. The molecular formula is C17H21N5O. The lowest BCUT2D eigenvalue weighted by atomic mass is 10.0. The zero-order valence-electron chi connectivity index (χ0n) is 13.3. The monoisotopic (exact) mass is 311 g/mol. The van der Waals surface area contributed by atoms with Crippen molar-refractivity contribution in [3.8, 4) is 0 Å². The van der Waals surface area contributed by atoms with E-state index in [1.807, 2.05) is 40.4 Å². The van der Waals surface area contributed by atoms with E-state index in [2.05, 4.69) is 28.2 Å². The number of para-hydroxylation sites is 2. The van der Waals surface area contributed by atoms with Crippen molar-refractivity contribution in [2.75, 3.05) is 43.0 Å². The van der Waals surface area contributed by atoms with Gasteiger partial charge in [0.15, 0.2) is 0 Å². The molecule has 1 unspecified atom stereocenters. The minimum absolute atomic E-state index is 0.122. The molecule has 0 saturated carbocycles. The summed E-state index contributed by atoms with van der Waals surface area (Å²) in [5.74, 6) is 0.389. The van der Waals surface area contributed by atoms with Gasteiger partial charge in [0.05, 0.1) is 17.6 Å². The zero-order valence-corrected chi connectivity index (χ0v) is 13.3. The van der Waals surface area contributed by atoms with Crippen LogP contribution in [0.5, 0.6) is 0 Å². The summed E-state index contributed by atoms with van der Waals surface area (Å²) >= 11 is 0. The average molecular weight is 311 g/mol. The predicted molar refractivity (Wildman–Crippen MR) is 90.0 cm³/mol. The molecule has 23 heavy (non-hydrogen) atoms. The Kier molecular flexibility index (Phi) is 3.44. The topological polar surface area (TPSA) is 55.5 Å². The van der Waals surface area contributed by atoms with Gasteiger partial charge in [-0.2, -0.15) is 5.10 Å². The second-order valence-corrected chi connectivity index (χ2v) is 6.31. The number of carbonyl (C=O) groups excluding carboxylic acids is 1. The molecule has 2 aliphatic rings. The van der Waals surface area contributed by atoms with Gasteiger partial charge in [-0.05, 0) is 24.1 Å². The van der Waals surface area contributed by atoms with Gasteiger partial charge < -0.3 is 9.80 Å². The third-order valence-electron chi connectivity index (χ3n) is 4.92. The number of hydrogen-bond acceptors (Lipinski definition) is 3. The van der Waals surface area contributed by atoms with E-state index >= 15 is 0 Å².